The molecule has 1 saturated carbocycles. The molecule has 1 aliphatic heterocycles. The van der Waals surface area contributed by atoms with Crippen LogP contribution in [0.4, 0.5) is 4.79 Å². The summed E-state index contributed by atoms with van der Waals surface area (Å²) in [6.07, 6.45) is 5.46. The normalized spacial score (nSPS) is 18.2. The van der Waals surface area contributed by atoms with Gasteiger partial charge in [-0.1, -0.05) is 18.9 Å². The lowest BCUT2D eigenvalue weighted by Gasteiger charge is -2.34. The number of urea groups is 1. The second kappa shape index (κ2) is 6.31. The molecular weight excluding hydrogens is 320 g/mol. The molecule has 0 atom stereocenters. The Bertz CT molecular complexity index is 887. The highest BCUT2D eigenvalue weighted by Gasteiger charge is 2.33. The van der Waals surface area contributed by atoms with Crippen molar-refractivity contribution in [2.75, 3.05) is 13.1 Å². The van der Waals surface area contributed by atoms with E-state index in [9.17, 15) is 14.4 Å². The summed E-state index contributed by atoms with van der Waals surface area (Å²) in [7, 11) is 0. The Morgan fingerprint density at radius 2 is 2.00 bits per heavy atom. The number of carbonyl (C=O) groups excluding carboxylic acids is 2. The largest absolute Gasteiger partial charge is 0.327 e. The van der Waals surface area contributed by atoms with E-state index in [-0.39, 0.29) is 24.0 Å². The maximum Gasteiger partial charge on any atom is 0.327 e. The Morgan fingerprint density at radius 3 is 2.80 bits per heavy atom. The molecule has 2 aromatic heterocycles. The van der Waals surface area contributed by atoms with Crippen LogP contribution in [0.25, 0.3) is 5.65 Å². The number of nitrogens with zero attached hydrogens (tertiary/aromatic N) is 4. The number of fused-ring (bicyclic) bond motifs is 1. The summed E-state index contributed by atoms with van der Waals surface area (Å²) in [5, 5.41) is 0. The maximum absolute atomic E-state index is 12.6. The summed E-state index contributed by atoms with van der Waals surface area (Å²) in [5.74, 6) is 0.531. The number of rotatable bonds is 5. The van der Waals surface area contributed by atoms with Crippen LogP contribution in [-0.2, 0) is 11.3 Å². The van der Waals surface area contributed by atoms with E-state index >= 15 is 0 Å². The predicted molar refractivity (Wildman–Crippen MR) is 90.9 cm³/mol. The second-order valence-electron chi connectivity index (χ2n) is 6.75. The molecule has 1 saturated heterocycles. The number of hydrogen-bond donors (Lipinski definition) is 0. The molecule has 3 amide bonds. The topological polar surface area (TPSA) is 75.0 Å². The molecule has 0 N–H and O–H groups in total. The quantitative estimate of drug-likeness (QED) is 0.829. The monoisotopic (exact) mass is 340 g/mol. The Balaban J connectivity index is 1.54. The van der Waals surface area contributed by atoms with Crippen molar-refractivity contribution >= 4 is 17.6 Å². The molecule has 4 rings (SSSR count). The first kappa shape index (κ1) is 15.8. The summed E-state index contributed by atoms with van der Waals surface area (Å²) in [5.41, 5.74) is 0.720. The number of pyridine rings is 1. The molecule has 2 aromatic rings. The van der Waals surface area contributed by atoms with Crippen LogP contribution in [-0.4, -0.2) is 44.2 Å². The molecular formula is C18H20N4O3. The van der Waals surface area contributed by atoms with Crippen molar-refractivity contribution in [2.24, 2.45) is 5.92 Å². The Labute approximate surface area is 144 Å². The minimum atomic E-state index is -0.271. The third-order valence-corrected chi connectivity index (χ3v) is 4.85. The van der Waals surface area contributed by atoms with Gasteiger partial charge in [0, 0.05) is 31.8 Å². The van der Waals surface area contributed by atoms with Crippen LogP contribution in [0.3, 0.4) is 0 Å². The Kier molecular flexibility index (Phi) is 3.99. The average Bonchev–Trinajstić information content (AvgIpc) is 3.42. The van der Waals surface area contributed by atoms with Crippen LogP contribution in [0.2, 0.25) is 0 Å². The molecule has 7 heteroatoms. The van der Waals surface area contributed by atoms with Crippen molar-refractivity contribution in [3.05, 3.63) is 46.5 Å². The minimum Gasteiger partial charge on any atom is -0.324 e. The van der Waals surface area contributed by atoms with Crippen molar-refractivity contribution in [2.45, 2.75) is 32.2 Å². The predicted octanol–water partition coefficient (Wildman–Crippen LogP) is 1.65. The zero-order valence-electron chi connectivity index (χ0n) is 13.9. The molecule has 2 aliphatic rings. The zero-order chi connectivity index (χ0) is 17.4. The van der Waals surface area contributed by atoms with E-state index in [0.717, 1.165) is 12.3 Å². The SMILES string of the molecule is O=C1CCN(CCC2CC2)C(=O)N1Cc1cc(=O)n2ccccc2n1. The van der Waals surface area contributed by atoms with Crippen LogP contribution in [0.15, 0.2) is 35.3 Å². The fraction of sp³-hybridized carbons (Fsp3) is 0.444. The lowest BCUT2D eigenvalue weighted by Crippen LogP contribution is -2.52. The molecule has 0 spiro atoms. The van der Waals surface area contributed by atoms with E-state index in [1.54, 1.807) is 29.3 Å². The van der Waals surface area contributed by atoms with E-state index in [2.05, 4.69) is 4.98 Å². The van der Waals surface area contributed by atoms with Crippen molar-refractivity contribution in [1.29, 1.82) is 0 Å². The first-order valence-electron chi connectivity index (χ1n) is 8.68. The van der Waals surface area contributed by atoms with Gasteiger partial charge in [-0.2, -0.15) is 0 Å². The van der Waals surface area contributed by atoms with Gasteiger partial charge >= 0.3 is 6.03 Å². The van der Waals surface area contributed by atoms with Gasteiger partial charge in [0.15, 0.2) is 0 Å². The molecule has 0 unspecified atom stereocenters. The molecule has 0 radical (unpaired) electrons. The molecule has 130 valence electrons. The summed E-state index contributed by atoms with van der Waals surface area (Å²) in [4.78, 5) is 44.4. The maximum atomic E-state index is 12.6. The van der Waals surface area contributed by atoms with Gasteiger partial charge < -0.3 is 4.90 Å². The van der Waals surface area contributed by atoms with E-state index in [1.807, 2.05) is 0 Å². The van der Waals surface area contributed by atoms with Crippen molar-refractivity contribution in [1.82, 2.24) is 19.2 Å². The van der Waals surface area contributed by atoms with Crippen LogP contribution >= 0.6 is 0 Å². The minimum absolute atomic E-state index is 0.0399. The summed E-state index contributed by atoms with van der Waals surface area (Å²) < 4.78 is 1.44. The Hall–Kier alpha value is -2.70. The van der Waals surface area contributed by atoms with Crippen LogP contribution in [0.5, 0.6) is 0 Å². The number of hydrogen-bond acceptors (Lipinski definition) is 4. The van der Waals surface area contributed by atoms with Crippen molar-refractivity contribution in [3.8, 4) is 0 Å². The number of carbonyl (C=O) groups is 2. The molecule has 25 heavy (non-hydrogen) atoms. The first-order chi connectivity index (χ1) is 12.1. The number of amides is 3. The van der Waals surface area contributed by atoms with Crippen LogP contribution in [0, 0.1) is 5.92 Å². The second-order valence-corrected chi connectivity index (χ2v) is 6.75. The number of imide groups is 1. The summed E-state index contributed by atoms with van der Waals surface area (Å²) in [6, 6.07) is 6.39. The zero-order valence-corrected chi connectivity index (χ0v) is 13.9. The van der Waals surface area contributed by atoms with Gasteiger partial charge in [-0.05, 0) is 24.5 Å². The van der Waals surface area contributed by atoms with Crippen molar-refractivity contribution in [3.63, 3.8) is 0 Å². The van der Waals surface area contributed by atoms with Gasteiger partial charge in [0.05, 0.1) is 12.2 Å². The highest BCUT2D eigenvalue weighted by molar-refractivity contribution is 5.96. The van der Waals surface area contributed by atoms with Gasteiger partial charge in [0.25, 0.3) is 5.56 Å². The average molecular weight is 340 g/mol. The smallest absolute Gasteiger partial charge is 0.324 e. The van der Waals surface area contributed by atoms with E-state index in [1.165, 1.54) is 28.2 Å². The first-order valence-corrected chi connectivity index (χ1v) is 8.68. The molecule has 0 bridgehead atoms. The van der Waals surface area contributed by atoms with E-state index < -0.39 is 0 Å². The lowest BCUT2D eigenvalue weighted by molar-refractivity contribution is -0.131. The van der Waals surface area contributed by atoms with Gasteiger partial charge in [-0.25, -0.2) is 9.78 Å². The molecule has 7 nitrogen and oxygen atoms in total. The van der Waals surface area contributed by atoms with Crippen molar-refractivity contribution < 1.29 is 9.59 Å². The third kappa shape index (κ3) is 3.26. The van der Waals surface area contributed by atoms with Gasteiger partial charge in [-0.3, -0.25) is 18.9 Å². The summed E-state index contributed by atoms with van der Waals surface area (Å²) >= 11 is 0. The van der Waals surface area contributed by atoms with E-state index in [4.69, 9.17) is 0 Å². The van der Waals surface area contributed by atoms with Gasteiger partial charge in [0.2, 0.25) is 5.91 Å². The van der Waals surface area contributed by atoms with E-state index in [0.29, 0.717) is 30.9 Å². The van der Waals surface area contributed by atoms with Crippen LogP contribution < -0.4 is 5.56 Å². The molecule has 1 aliphatic carbocycles. The lowest BCUT2D eigenvalue weighted by atomic mass is 10.2. The third-order valence-electron chi connectivity index (χ3n) is 4.85. The highest BCUT2D eigenvalue weighted by Crippen LogP contribution is 2.32. The number of aromatic nitrogens is 2. The molecule has 2 fully saturated rings. The van der Waals surface area contributed by atoms with Crippen LogP contribution in [0.1, 0.15) is 31.4 Å². The van der Waals surface area contributed by atoms with Gasteiger partial charge in [0.1, 0.15) is 5.65 Å². The summed E-state index contributed by atoms with van der Waals surface area (Å²) in [6.45, 7) is 1.22. The standard InChI is InChI=1S/C18H20N4O3/c23-16-7-10-20(9-6-13-4-5-13)18(25)22(16)12-14-11-17(24)21-8-2-1-3-15(21)19-14/h1-3,8,11,13H,4-7,9-10,12H2. The Morgan fingerprint density at radius 1 is 1.16 bits per heavy atom. The molecule has 0 aromatic carbocycles. The fourth-order valence-corrected chi connectivity index (χ4v) is 3.19. The fourth-order valence-electron chi connectivity index (χ4n) is 3.19. The molecule has 3 heterocycles. The highest BCUT2D eigenvalue weighted by atomic mass is 16.2. The van der Waals surface area contributed by atoms with Gasteiger partial charge in [-0.15, -0.1) is 0 Å².